The lowest BCUT2D eigenvalue weighted by atomic mass is 10.0. The zero-order valence-electron chi connectivity index (χ0n) is 10.3. The molecule has 5 nitrogen and oxygen atoms in total. The van der Waals surface area contributed by atoms with Crippen LogP contribution in [0.5, 0.6) is 0 Å². The molecule has 3 rings (SSSR count). The first kappa shape index (κ1) is 10.8. The Hall–Kier alpha value is -1.36. The molecule has 1 amide bonds. The van der Waals surface area contributed by atoms with E-state index in [9.17, 15) is 4.79 Å². The van der Waals surface area contributed by atoms with Gasteiger partial charge in [0.25, 0.3) is 5.91 Å². The van der Waals surface area contributed by atoms with Crippen molar-refractivity contribution < 1.29 is 4.79 Å². The minimum Gasteiger partial charge on any atom is -0.337 e. The molecule has 0 radical (unpaired) electrons. The number of likely N-dealkylation sites (tertiary alicyclic amines) is 1. The maximum absolute atomic E-state index is 12.4. The Kier molecular flexibility index (Phi) is 2.43. The van der Waals surface area contributed by atoms with Crippen molar-refractivity contribution in [3.8, 4) is 0 Å². The monoisotopic (exact) mass is 234 g/mol. The molecule has 3 heterocycles. The highest BCUT2D eigenvalue weighted by Crippen LogP contribution is 2.27. The number of nitrogens with one attached hydrogen (secondary N) is 1. The first-order valence-electron chi connectivity index (χ1n) is 6.16. The first-order chi connectivity index (χ1) is 8.15. The molecular weight excluding hydrogens is 216 g/mol. The summed E-state index contributed by atoms with van der Waals surface area (Å²) in [6.45, 7) is 5.80. The van der Waals surface area contributed by atoms with Crippen LogP contribution >= 0.6 is 0 Å². The van der Waals surface area contributed by atoms with Gasteiger partial charge < -0.3 is 10.2 Å². The Morgan fingerprint density at radius 3 is 2.59 bits per heavy atom. The summed E-state index contributed by atoms with van der Waals surface area (Å²) in [6.07, 6.45) is 0. The van der Waals surface area contributed by atoms with Crippen molar-refractivity contribution in [1.29, 1.82) is 0 Å². The second-order valence-corrected chi connectivity index (χ2v) is 5.18. The number of carbonyl (C=O) groups is 1. The lowest BCUT2D eigenvalue weighted by Gasteiger charge is -2.17. The molecule has 0 aromatic carbocycles. The van der Waals surface area contributed by atoms with Gasteiger partial charge in [0.1, 0.15) is 5.69 Å². The third kappa shape index (κ3) is 1.74. The third-order valence-electron chi connectivity index (χ3n) is 3.90. The van der Waals surface area contributed by atoms with Gasteiger partial charge in [-0.25, -0.2) is 0 Å². The van der Waals surface area contributed by atoms with E-state index in [0.717, 1.165) is 31.9 Å². The topological polar surface area (TPSA) is 50.2 Å². The number of fused-ring (bicyclic) bond motifs is 1. The van der Waals surface area contributed by atoms with Crippen LogP contribution in [0.4, 0.5) is 0 Å². The molecule has 0 bridgehead atoms. The summed E-state index contributed by atoms with van der Waals surface area (Å²) in [7, 11) is 1.83. The van der Waals surface area contributed by atoms with Crippen LogP contribution in [0.15, 0.2) is 6.07 Å². The molecule has 0 aliphatic carbocycles. The third-order valence-corrected chi connectivity index (χ3v) is 3.90. The van der Waals surface area contributed by atoms with Gasteiger partial charge in [0.05, 0.1) is 5.69 Å². The fraction of sp³-hybridized carbons (Fsp3) is 0.667. The number of rotatable bonds is 1. The van der Waals surface area contributed by atoms with Crippen LogP contribution in [0, 0.1) is 18.8 Å². The van der Waals surface area contributed by atoms with Crippen LogP contribution in [0.25, 0.3) is 0 Å². The van der Waals surface area contributed by atoms with Crippen molar-refractivity contribution in [3.05, 3.63) is 17.5 Å². The maximum Gasteiger partial charge on any atom is 0.272 e. The van der Waals surface area contributed by atoms with E-state index in [1.807, 2.05) is 24.9 Å². The van der Waals surface area contributed by atoms with Crippen LogP contribution in [0.1, 0.15) is 16.2 Å². The summed E-state index contributed by atoms with van der Waals surface area (Å²) < 4.78 is 1.68. The van der Waals surface area contributed by atoms with Crippen LogP contribution < -0.4 is 5.32 Å². The summed E-state index contributed by atoms with van der Waals surface area (Å²) in [6, 6.07) is 1.87. The highest BCUT2D eigenvalue weighted by atomic mass is 16.2. The minimum absolute atomic E-state index is 0.127. The van der Waals surface area contributed by atoms with Crippen LogP contribution in [0.3, 0.4) is 0 Å². The van der Waals surface area contributed by atoms with Gasteiger partial charge in [0, 0.05) is 33.2 Å². The Labute approximate surface area is 101 Å². The molecule has 17 heavy (non-hydrogen) atoms. The average Bonchev–Trinajstić information content (AvgIpc) is 2.90. The van der Waals surface area contributed by atoms with E-state index in [1.165, 1.54) is 0 Å². The fourth-order valence-corrected chi connectivity index (χ4v) is 2.99. The summed E-state index contributed by atoms with van der Waals surface area (Å²) in [5.41, 5.74) is 1.60. The molecule has 2 aliphatic heterocycles. The molecule has 0 unspecified atom stereocenters. The normalized spacial score (nSPS) is 27.5. The lowest BCUT2D eigenvalue weighted by molar-refractivity contribution is 0.0771. The van der Waals surface area contributed by atoms with Crippen molar-refractivity contribution in [1.82, 2.24) is 20.0 Å². The largest absolute Gasteiger partial charge is 0.337 e. The van der Waals surface area contributed by atoms with Crippen LogP contribution in [-0.2, 0) is 7.05 Å². The van der Waals surface area contributed by atoms with Gasteiger partial charge in [-0.2, -0.15) is 5.10 Å². The summed E-state index contributed by atoms with van der Waals surface area (Å²) >= 11 is 0. The molecule has 0 spiro atoms. The number of hydrogen-bond donors (Lipinski definition) is 1. The molecule has 1 aromatic rings. The van der Waals surface area contributed by atoms with Gasteiger partial charge in [0.15, 0.2) is 0 Å². The average molecular weight is 234 g/mol. The molecule has 2 saturated heterocycles. The lowest BCUT2D eigenvalue weighted by Crippen LogP contribution is -2.33. The van der Waals surface area contributed by atoms with E-state index in [2.05, 4.69) is 10.4 Å². The molecule has 2 fully saturated rings. The molecule has 1 aromatic heterocycles. The van der Waals surface area contributed by atoms with Crippen LogP contribution in [0.2, 0.25) is 0 Å². The molecule has 2 aliphatic rings. The van der Waals surface area contributed by atoms with Crippen molar-refractivity contribution in [3.63, 3.8) is 0 Å². The standard InChI is InChI=1S/C12H18N4O/c1-8-3-11(15(2)14-8)12(17)16-6-9-4-13-5-10(9)7-16/h3,9-10,13H,4-7H2,1-2H3/t9-,10+. The highest BCUT2D eigenvalue weighted by Gasteiger charge is 2.38. The predicted octanol–water partition coefficient (Wildman–Crippen LogP) is 0.0199. The SMILES string of the molecule is Cc1cc(C(=O)N2C[C@H]3CNC[C@H]3C2)n(C)n1. The maximum atomic E-state index is 12.4. The Morgan fingerprint density at radius 1 is 1.41 bits per heavy atom. The second kappa shape index (κ2) is 3.84. The Balaban J connectivity index is 1.77. The molecular formula is C12H18N4O. The van der Waals surface area contributed by atoms with Gasteiger partial charge in [0.2, 0.25) is 0 Å². The van der Waals surface area contributed by atoms with Crippen molar-refractivity contribution >= 4 is 5.91 Å². The van der Waals surface area contributed by atoms with E-state index >= 15 is 0 Å². The van der Waals surface area contributed by atoms with E-state index in [-0.39, 0.29) is 5.91 Å². The minimum atomic E-state index is 0.127. The zero-order chi connectivity index (χ0) is 12.0. The van der Waals surface area contributed by atoms with Gasteiger partial charge in [-0.1, -0.05) is 0 Å². The number of aromatic nitrogens is 2. The van der Waals surface area contributed by atoms with E-state index < -0.39 is 0 Å². The smallest absolute Gasteiger partial charge is 0.272 e. The van der Waals surface area contributed by atoms with E-state index in [1.54, 1.807) is 4.68 Å². The molecule has 92 valence electrons. The predicted molar refractivity (Wildman–Crippen MR) is 63.7 cm³/mol. The molecule has 1 N–H and O–H groups in total. The quantitative estimate of drug-likeness (QED) is 0.745. The van der Waals surface area contributed by atoms with Gasteiger partial charge in [-0.05, 0) is 24.8 Å². The van der Waals surface area contributed by atoms with Gasteiger partial charge in [-0.3, -0.25) is 9.48 Å². The fourth-order valence-electron chi connectivity index (χ4n) is 2.99. The number of carbonyl (C=O) groups excluding carboxylic acids is 1. The second-order valence-electron chi connectivity index (χ2n) is 5.18. The number of hydrogen-bond acceptors (Lipinski definition) is 3. The molecule has 5 heteroatoms. The highest BCUT2D eigenvalue weighted by molar-refractivity contribution is 5.92. The number of aryl methyl sites for hydroxylation is 2. The number of amides is 1. The van der Waals surface area contributed by atoms with Crippen molar-refractivity contribution in [2.24, 2.45) is 18.9 Å². The van der Waals surface area contributed by atoms with Gasteiger partial charge in [-0.15, -0.1) is 0 Å². The Morgan fingerprint density at radius 2 is 2.06 bits per heavy atom. The summed E-state index contributed by atoms with van der Waals surface area (Å²) in [4.78, 5) is 14.3. The Bertz CT molecular complexity index is 441. The molecule has 0 saturated carbocycles. The first-order valence-corrected chi connectivity index (χ1v) is 6.16. The molecule has 2 atom stereocenters. The van der Waals surface area contributed by atoms with Crippen molar-refractivity contribution in [2.45, 2.75) is 6.92 Å². The van der Waals surface area contributed by atoms with E-state index in [4.69, 9.17) is 0 Å². The summed E-state index contributed by atoms with van der Waals surface area (Å²) in [5, 5.41) is 7.62. The zero-order valence-corrected chi connectivity index (χ0v) is 10.3. The van der Waals surface area contributed by atoms with Gasteiger partial charge >= 0.3 is 0 Å². The summed E-state index contributed by atoms with van der Waals surface area (Å²) in [5.74, 6) is 1.42. The van der Waals surface area contributed by atoms with Crippen molar-refractivity contribution in [2.75, 3.05) is 26.2 Å². The van der Waals surface area contributed by atoms with E-state index in [0.29, 0.717) is 17.5 Å². The van der Waals surface area contributed by atoms with Crippen LogP contribution in [-0.4, -0.2) is 46.8 Å². The number of nitrogens with zero attached hydrogens (tertiary/aromatic N) is 3.